The van der Waals surface area contributed by atoms with E-state index in [-0.39, 0.29) is 11.0 Å². The van der Waals surface area contributed by atoms with E-state index in [4.69, 9.17) is 49.6 Å². The minimum atomic E-state index is -0.411. The minimum absolute atomic E-state index is 0.00484. The molecule has 0 aliphatic carbocycles. The molecule has 2 N–H and O–H groups in total. The Morgan fingerprint density at radius 1 is 0.833 bits per heavy atom. The van der Waals surface area contributed by atoms with Gasteiger partial charge in [-0.15, -0.1) is 0 Å². The van der Waals surface area contributed by atoms with Gasteiger partial charge < -0.3 is 29.3 Å². The number of nitrogens with one attached hydrogen (secondary N) is 2. The van der Waals surface area contributed by atoms with Crippen LogP contribution in [0.15, 0.2) is 84.9 Å². The predicted molar refractivity (Wildman–Crippen MR) is 194 cm³/mol. The Kier molecular flexibility index (Phi) is 12.0. The number of halogens is 2. The number of carbonyl (C=O) groups is 2. The van der Waals surface area contributed by atoms with Crippen LogP contribution in [0.1, 0.15) is 39.6 Å². The van der Waals surface area contributed by atoms with Gasteiger partial charge in [0.25, 0.3) is 11.8 Å². The summed E-state index contributed by atoms with van der Waals surface area (Å²) in [5, 5.41) is 7.00. The summed E-state index contributed by atoms with van der Waals surface area (Å²) in [6.07, 6.45) is 0.927. The van der Waals surface area contributed by atoms with Crippen LogP contribution >= 0.6 is 35.4 Å². The van der Waals surface area contributed by atoms with Gasteiger partial charge in [-0.1, -0.05) is 42.3 Å². The van der Waals surface area contributed by atoms with Crippen molar-refractivity contribution in [1.82, 2.24) is 10.2 Å². The van der Waals surface area contributed by atoms with Crippen LogP contribution < -0.4 is 29.7 Å². The fraction of sp³-hybridized carbons (Fsp3) is 0.250. The second kappa shape index (κ2) is 16.5. The standard InChI is InChI=1S/C36H36Cl2N4O5S/c1-3-20-46-29-12-6-25(7-13-29)35(44)42-18-16-41(17-19-42)31-14-11-28(22-30(31)38)39-36(48)40-34(43)26-8-15-32(33(21-26)45-2)47-23-24-4-9-27(37)10-5-24/h4-15,21-22H,3,16-20,23H2,1-2H3,(H2,39,40,43,48). The van der Waals surface area contributed by atoms with Crippen LogP contribution in [0.5, 0.6) is 17.2 Å². The third-order valence-electron chi connectivity index (χ3n) is 7.65. The molecule has 0 aromatic heterocycles. The highest BCUT2D eigenvalue weighted by Gasteiger charge is 2.24. The van der Waals surface area contributed by atoms with Crippen molar-refractivity contribution in [3.63, 3.8) is 0 Å². The lowest BCUT2D eigenvalue weighted by Crippen LogP contribution is -2.48. The molecular weight excluding hydrogens is 671 g/mol. The van der Waals surface area contributed by atoms with E-state index in [9.17, 15) is 9.59 Å². The Balaban J connectivity index is 1.11. The lowest BCUT2D eigenvalue weighted by Gasteiger charge is -2.36. The number of methoxy groups -OCH3 is 1. The zero-order chi connectivity index (χ0) is 34.0. The average molecular weight is 708 g/mol. The van der Waals surface area contributed by atoms with E-state index in [2.05, 4.69) is 22.5 Å². The molecule has 1 saturated heterocycles. The summed E-state index contributed by atoms with van der Waals surface area (Å²) in [5.41, 5.74) is 3.40. The molecular formula is C36H36Cl2N4O5S. The summed E-state index contributed by atoms with van der Waals surface area (Å²) < 4.78 is 17.0. The first-order valence-corrected chi connectivity index (χ1v) is 16.6. The zero-order valence-electron chi connectivity index (χ0n) is 26.6. The molecule has 1 aliphatic heterocycles. The van der Waals surface area contributed by atoms with Crippen molar-refractivity contribution in [3.05, 3.63) is 112 Å². The summed E-state index contributed by atoms with van der Waals surface area (Å²) in [5.74, 6) is 1.25. The first kappa shape index (κ1) is 34.8. The molecule has 1 aliphatic rings. The van der Waals surface area contributed by atoms with Gasteiger partial charge in [-0.2, -0.15) is 0 Å². The first-order chi connectivity index (χ1) is 23.2. The number of thiocarbonyl (C=S) groups is 1. The van der Waals surface area contributed by atoms with E-state index in [1.807, 2.05) is 53.4 Å². The highest BCUT2D eigenvalue weighted by atomic mass is 35.5. The van der Waals surface area contributed by atoms with E-state index >= 15 is 0 Å². The molecule has 0 radical (unpaired) electrons. The topological polar surface area (TPSA) is 92.4 Å². The van der Waals surface area contributed by atoms with Gasteiger partial charge in [0, 0.05) is 48.0 Å². The molecule has 0 unspecified atom stereocenters. The normalized spacial score (nSPS) is 12.7. The van der Waals surface area contributed by atoms with Gasteiger partial charge in [-0.3, -0.25) is 14.9 Å². The second-order valence-corrected chi connectivity index (χ2v) is 12.3. The number of anilines is 2. The SMILES string of the molecule is CCCOc1ccc(C(=O)N2CCN(c3ccc(NC(=S)NC(=O)c4ccc(OCc5ccc(Cl)cc5)c(OC)c4)cc3Cl)CC2)cc1. The lowest BCUT2D eigenvalue weighted by molar-refractivity contribution is 0.0746. The van der Waals surface area contributed by atoms with Crippen molar-refractivity contribution in [2.24, 2.45) is 0 Å². The molecule has 0 atom stereocenters. The Morgan fingerprint density at radius 2 is 1.54 bits per heavy atom. The molecule has 1 heterocycles. The number of benzene rings is 4. The van der Waals surface area contributed by atoms with Crippen LogP contribution in [-0.2, 0) is 6.61 Å². The highest BCUT2D eigenvalue weighted by molar-refractivity contribution is 7.80. The fourth-order valence-electron chi connectivity index (χ4n) is 5.10. The quantitative estimate of drug-likeness (QED) is 0.155. The molecule has 4 aromatic carbocycles. The molecule has 48 heavy (non-hydrogen) atoms. The predicted octanol–water partition coefficient (Wildman–Crippen LogP) is 7.46. The van der Waals surface area contributed by atoms with Gasteiger partial charge in [0.1, 0.15) is 12.4 Å². The monoisotopic (exact) mass is 706 g/mol. The maximum absolute atomic E-state index is 13.1. The molecule has 0 saturated carbocycles. The van der Waals surface area contributed by atoms with Crippen molar-refractivity contribution in [1.29, 1.82) is 0 Å². The van der Waals surface area contributed by atoms with Crippen molar-refractivity contribution >= 4 is 63.7 Å². The second-order valence-electron chi connectivity index (χ2n) is 11.0. The maximum atomic E-state index is 13.1. The Bertz CT molecular complexity index is 1750. The number of carbonyl (C=O) groups excluding carboxylic acids is 2. The molecule has 4 aromatic rings. The molecule has 2 amide bonds. The lowest BCUT2D eigenvalue weighted by atomic mass is 10.1. The van der Waals surface area contributed by atoms with E-state index in [1.54, 1.807) is 36.4 Å². The number of hydrogen-bond acceptors (Lipinski definition) is 7. The Morgan fingerprint density at radius 3 is 2.21 bits per heavy atom. The van der Waals surface area contributed by atoms with E-state index in [0.717, 1.165) is 23.4 Å². The van der Waals surface area contributed by atoms with Crippen LogP contribution in [0.2, 0.25) is 10.0 Å². The first-order valence-electron chi connectivity index (χ1n) is 15.5. The number of nitrogens with zero attached hydrogens (tertiary/aromatic N) is 2. The van der Waals surface area contributed by atoms with Gasteiger partial charge in [0.05, 0.1) is 24.4 Å². The maximum Gasteiger partial charge on any atom is 0.257 e. The highest BCUT2D eigenvalue weighted by Crippen LogP contribution is 2.31. The third-order valence-corrected chi connectivity index (χ3v) is 8.41. The molecule has 0 bridgehead atoms. The van der Waals surface area contributed by atoms with Crippen LogP contribution in [0.3, 0.4) is 0 Å². The van der Waals surface area contributed by atoms with Crippen molar-refractivity contribution in [3.8, 4) is 17.2 Å². The van der Waals surface area contributed by atoms with Gasteiger partial charge in [0.15, 0.2) is 16.6 Å². The van der Waals surface area contributed by atoms with E-state index in [0.29, 0.717) is 77.8 Å². The smallest absolute Gasteiger partial charge is 0.257 e. The van der Waals surface area contributed by atoms with Crippen molar-refractivity contribution in [2.45, 2.75) is 20.0 Å². The van der Waals surface area contributed by atoms with E-state index in [1.165, 1.54) is 7.11 Å². The number of piperazine rings is 1. The number of hydrogen-bond donors (Lipinski definition) is 2. The summed E-state index contributed by atoms with van der Waals surface area (Å²) >= 11 is 18.0. The average Bonchev–Trinajstić information content (AvgIpc) is 3.10. The summed E-state index contributed by atoms with van der Waals surface area (Å²) in [4.78, 5) is 30.0. The van der Waals surface area contributed by atoms with Crippen LogP contribution in [0.4, 0.5) is 11.4 Å². The summed E-state index contributed by atoms with van der Waals surface area (Å²) in [6, 6.07) is 25.0. The van der Waals surface area contributed by atoms with Gasteiger partial charge in [0.2, 0.25) is 0 Å². The van der Waals surface area contributed by atoms with Gasteiger partial charge in [-0.05, 0) is 97.0 Å². The third kappa shape index (κ3) is 9.09. The van der Waals surface area contributed by atoms with E-state index < -0.39 is 5.91 Å². The largest absolute Gasteiger partial charge is 0.494 e. The molecule has 0 spiro atoms. The fourth-order valence-corrected chi connectivity index (χ4v) is 5.73. The summed E-state index contributed by atoms with van der Waals surface area (Å²) in [6.45, 7) is 5.43. The number of ether oxygens (including phenoxy) is 3. The Hall–Kier alpha value is -4.51. The van der Waals surface area contributed by atoms with Crippen molar-refractivity contribution < 1.29 is 23.8 Å². The minimum Gasteiger partial charge on any atom is -0.494 e. The zero-order valence-corrected chi connectivity index (χ0v) is 29.0. The van der Waals surface area contributed by atoms with Crippen LogP contribution in [0, 0.1) is 0 Å². The van der Waals surface area contributed by atoms with Gasteiger partial charge in [-0.25, -0.2) is 0 Å². The molecule has 9 nitrogen and oxygen atoms in total. The Labute approximate surface area is 295 Å². The van der Waals surface area contributed by atoms with Crippen LogP contribution in [-0.4, -0.2) is 61.7 Å². The van der Waals surface area contributed by atoms with Crippen molar-refractivity contribution in [2.75, 3.05) is 50.1 Å². The molecule has 1 fully saturated rings. The summed E-state index contributed by atoms with van der Waals surface area (Å²) in [7, 11) is 1.51. The number of amides is 2. The molecule has 5 rings (SSSR count). The van der Waals surface area contributed by atoms with Crippen LogP contribution in [0.25, 0.3) is 0 Å². The number of rotatable bonds is 11. The van der Waals surface area contributed by atoms with Gasteiger partial charge >= 0.3 is 0 Å². The molecule has 250 valence electrons. The molecule has 12 heteroatoms.